The van der Waals surface area contributed by atoms with Crippen LogP contribution >= 0.6 is 0 Å². The average Bonchev–Trinajstić information content (AvgIpc) is 2.22. The summed E-state index contributed by atoms with van der Waals surface area (Å²) < 4.78 is 0. The van der Waals surface area contributed by atoms with Gasteiger partial charge in [-0.2, -0.15) is 0 Å². The molecule has 1 fully saturated rings. The number of amides is 2. The predicted molar refractivity (Wildman–Crippen MR) is 55.0 cm³/mol. The summed E-state index contributed by atoms with van der Waals surface area (Å²) in [5, 5.41) is 14.7. The van der Waals surface area contributed by atoms with Crippen molar-refractivity contribution in [1.82, 2.24) is 10.6 Å². The molecule has 1 saturated carbocycles. The molecule has 1 aliphatic rings. The Labute approximate surface area is 85.1 Å². The Morgan fingerprint density at radius 2 is 2.07 bits per heavy atom. The summed E-state index contributed by atoms with van der Waals surface area (Å²) in [6.07, 6.45) is 3.89. The molecule has 1 aliphatic carbocycles. The number of hydrogen-bond donors (Lipinski definition) is 3. The summed E-state index contributed by atoms with van der Waals surface area (Å²) in [5.74, 6) is 0.709. The summed E-state index contributed by atoms with van der Waals surface area (Å²) in [7, 11) is 1.59. The van der Waals surface area contributed by atoms with Crippen molar-refractivity contribution in [3.8, 4) is 0 Å². The lowest BCUT2D eigenvalue weighted by Crippen LogP contribution is -2.55. The van der Waals surface area contributed by atoms with Crippen molar-refractivity contribution in [3.05, 3.63) is 0 Å². The molecule has 3 N–H and O–H groups in total. The van der Waals surface area contributed by atoms with Crippen LogP contribution in [0.1, 0.15) is 32.6 Å². The van der Waals surface area contributed by atoms with Crippen LogP contribution in [0.2, 0.25) is 0 Å². The lowest BCUT2D eigenvalue weighted by atomic mass is 9.77. The van der Waals surface area contributed by atoms with Crippen LogP contribution in [0.5, 0.6) is 0 Å². The number of hydrogen-bond acceptors (Lipinski definition) is 2. The molecular formula is C10H20N2O2. The highest BCUT2D eigenvalue weighted by Crippen LogP contribution is 2.31. The normalized spacial score (nSPS) is 32.4. The molecule has 0 heterocycles. The maximum absolute atomic E-state index is 11.2. The summed E-state index contributed by atoms with van der Waals surface area (Å²) in [6.45, 7) is 2.24. The summed E-state index contributed by atoms with van der Waals surface area (Å²) >= 11 is 0. The molecule has 14 heavy (non-hydrogen) atoms. The molecule has 0 radical (unpaired) electrons. The van der Waals surface area contributed by atoms with Gasteiger partial charge in [0.25, 0.3) is 0 Å². The first-order valence-corrected chi connectivity index (χ1v) is 5.22. The van der Waals surface area contributed by atoms with Crippen molar-refractivity contribution in [2.24, 2.45) is 5.92 Å². The number of urea groups is 1. The molecule has 0 bridgehead atoms. The minimum Gasteiger partial charge on any atom is -0.394 e. The number of carbonyl (C=O) groups is 1. The molecule has 0 spiro atoms. The van der Waals surface area contributed by atoms with Gasteiger partial charge in [-0.3, -0.25) is 0 Å². The number of aliphatic hydroxyl groups excluding tert-OH is 1. The van der Waals surface area contributed by atoms with E-state index in [4.69, 9.17) is 0 Å². The molecule has 0 aromatic carbocycles. The molecule has 0 saturated heterocycles. The first kappa shape index (κ1) is 11.3. The summed E-state index contributed by atoms with van der Waals surface area (Å²) in [6, 6.07) is -0.200. The molecule has 4 heteroatoms. The van der Waals surface area contributed by atoms with Crippen molar-refractivity contribution >= 4 is 6.03 Å². The fraction of sp³-hybridized carbons (Fsp3) is 0.900. The number of nitrogens with one attached hydrogen (secondary N) is 2. The van der Waals surface area contributed by atoms with Gasteiger partial charge in [0.15, 0.2) is 0 Å². The largest absolute Gasteiger partial charge is 0.394 e. The van der Waals surface area contributed by atoms with Crippen LogP contribution in [0.3, 0.4) is 0 Å². The maximum atomic E-state index is 11.2. The Balaban J connectivity index is 2.54. The van der Waals surface area contributed by atoms with Crippen LogP contribution in [0.4, 0.5) is 4.79 Å². The molecular weight excluding hydrogens is 180 g/mol. The van der Waals surface area contributed by atoms with Crippen LogP contribution in [-0.2, 0) is 0 Å². The second-order valence-electron chi connectivity index (χ2n) is 4.33. The van der Waals surface area contributed by atoms with Gasteiger partial charge < -0.3 is 15.7 Å². The van der Waals surface area contributed by atoms with E-state index >= 15 is 0 Å². The van der Waals surface area contributed by atoms with Gasteiger partial charge in [0.2, 0.25) is 0 Å². The molecule has 1 rings (SSSR count). The van der Waals surface area contributed by atoms with E-state index < -0.39 is 0 Å². The van der Waals surface area contributed by atoms with Crippen LogP contribution < -0.4 is 10.6 Å². The Hall–Kier alpha value is -0.770. The monoisotopic (exact) mass is 200 g/mol. The zero-order valence-electron chi connectivity index (χ0n) is 8.97. The Morgan fingerprint density at radius 3 is 2.50 bits per heavy atom. The maximum Gasteiger partial charge on any atom is 0.315 e. The molecule has 2 amide bonds. The molecule has 82 valence electrons. The molecule has 4 nitrogen and oxygen atoms in total. The highest BCUT2D eigenvalue weighted by Gasteiger charge is 2.34. The molecule has 0 aliphatic heterocycles. The topological polar surface area (TPSA) is 61.4 Å². The highest BCUT2D eigenvalue weighted by atomic mass is 16.3. The van der Waals surface area contributed by atoms with Gasteiger partial charge in [0, 0.05) is 7.05 Å². The number of carbonyl (C=O) groups excluding carboxylic acids is 1. The van der Waals surface area contributed by atoms with Gasteiger partial charge >= 0.3 is 6.03 Å². The second-order valence-corrected chi connectivity index (χ2v) is 4.33. The lowest BCUT2D eigenvalue weighted by molar-refractivity contribution is 0.111. The van der Waals surface area contributed by atoms with E-state index in [1.165, 1.54) is 0 Å². The van der Waals surface area contributed by atoms with Crippen LogP contribution in [0.25, 0.3) is 0 Å². The highest BCUT2D eigenvalue weighted by molar-refractivity contribution is 5.74. The van der Waals surface area contributed by atoms with Gasteiger partial charge in [-0.05, 0) is 31.6 Å². The average molecular weight is 200 g/mol. The molecule has 0 aromatic rings. The smallest absolute Gasteiger partial charge is 0.315 e. The Bertz CT molecular complexity index is 198. The van der Waals surface area contributed by atoms with Crippen molar-refractivity contribution in [1.29, 1.82) is 0 Å². The van der Waals surface area contributed by atoms with Crippen LogP contribution in [-0.4, -0.2) is 30.3 Å². The van der Waals surface area contributed by atoms with Crippen molar-refractivity contribution in [2.75, 3.05) is 13.7 Å². The third kappa shape index (κ3) is 2.61. The minimum atomic E-state index is -0.382. The van der Waals surface area contributed by atoms with Crippen LogP contribution in [0, 0.1) is 5.92 Å². The Morgan fingerprint density at radius 1 is 1.50 bits per heavy atom. The van der Waals surface area contributed by atoms with Gasteiger partial charge in [-0.1, -0.05) is 6.92 Å². The van der Waals surface area contributed by atoms with Crippen molar-refractivity contribution in [2.45, 2.75) is 38.1 Å². The fourth-order valence-electron chi connectivity index (χ4n) is 1.94. The third-order valence-corrected chi connectivity index (χ3v) is 3.14. The van der Waals surface area contributed by atoms with E-state index in [0.717, 1.165) is 25.7 Å². The standard InChI is InChI=1S/C10H20N2O2/c1-8-3-5-10(7-13,6-4-8)12-9(14)11-2/h8,13H,3-7H2,1-2H3,(H2,11,12,14). The molecule has 0 atom stereocenters. The van der Waals surface area contributed by atoms with Crippen LogP contribution in [0.15, 0.2) is 0 Å². The fourth-order valence-corrected chi connectivity index (χ4v) is 1.94. The molecule has 0 unspecified atom stereocenters. The third-order valence-electron chi connectivity index (χ3n) is 3.14. The van der Waals surface area contributed by atoms with Gasteiger partial charge in [-0.25, -0.2) is 4.79 Å². The quantitative estimate of drug-likeness (QED) is 0.619. The second kappa shape index (κ2) is 4.64. The van der Waals surface area contributed by atoms with E-state index in [-0.39, 0.29) is 18.2 Å². The zero-order valence-corrected chi connectivity index (χ0v) is 8.97. The van der Waals surface area contributed by atoms with Crippen molar-refractivity contribution in [3.63, 3.8) is 0 Å². The van der Waals surface area contributed by atoms with E-state index in [1.807, 2.05) is 0 Å². The van der Waals surface area contributed by atoms with E-state index in [0.29, 0.717) is 5.92 Å². The number of aliphatic hydroxyl groups is 1. The number of rotatable bonds is 2. The minimum absolute atomic E-state index is 0.0349. The zero-order chi connectivity index (χ0) is 10.6. The predicted octanol–water partition coefficient (Wildman–Crippen LogP) is 0.857. The molecule has 0 aromatic heterocycles. The van der Waals surface area contributed by atoms with Crippen molar-refractivity contribution < 1.29 is 9.90 Å². The van der Waals surface area contributed by atoms with E-state index in [2.05, 4.69) is 17.6 Å². The first-order chi connectivity index (χ1) is 6.62. The SMILES string of the molecule is CNC(=O)NC1(CO)CCC(C)CC1. The van der Waals surface area contributed by atoms with Gasteiger partial charge in [0.05, 0.1) is 12.1 Å². The van der Waals surface area contributed by atoms with E-state index in [1.54, 1.807) is 7.05 Å². The summed E-state index contributed by atoms with van der Waals surface area (Å²) in [4.78, 5) is 11.2. The van der Waals surface area contributed by atoms with Gasteiger partial charge in [-0.15, -0.1) is 0 Å². The van der Waals surface area contributed by atoms with Gasteiger partial charge in [0.1, 0.15) is 0 Å². The van der Waals surface area contributed by atoms with E-state index in [9.17, 15) is 9.90 Å². The summed E-state index contributed by atoms with van der Waals surface area (Å²) in [5.41, 5.74) is -0.382. The first-order valence-electron chi connectivity index (χ1n) is 5.22. The lowest BCUT2D eigenvalue weighted by Gasteiger charge is -2.38. The Kier molecular flexibility index (Phi) is 3.75.